The molecule has 4 amide bonds. The smallest absolute Gasteiger partial charge is 0.250 e. The average molecular weight is 507 g/mol. The number of rotatable bonds is 8. The van der Waals surface area contributed by atoms with Gasteiger partial charge in [-0.2, -0.15) is 0 Å². The predicted octanol–water partition coefficient (Wildman–Crippen LogP) is 1.24. The second kappa shape index (κ2) is 9.19. The molecule has 2 aromatic carbocycles. The Morgan fingerprint density at radius 3 is 2.54 bits per heavy atom. The number of nitrogens with one attached hydrogen (secondary N) is 2. The van der Waals surface area contributed by atoms with E-state index in [0.717, 1.165) is 11.1 Å². The first-order valence-corrected chi connectivity index (χ1v) is 12.3. The number of fused-ring (bicyclic) bond motifs is 4. The van der Waals surface area contributed by atoms with E-state index in [1.54, 1.807) is 20.3 Å². The maximum Gasteiger partial charge on any atom is 0.250 e. The lowest BCUT2D eigenvalue weighted by molar-refractivity contribution is -0.142. The van der Waals surface area contributed by atoms with Crippen LogP contribution >= 0.6 is 0 Å². The minimum absolute atomic E-state index is 0.0341. The summed E-state index contributed by atoms with van der Waals surface area (Å²) in [5.41, 5.74) is 7.04. The monoisotopic (exact) mass is 506 g/mol. The van der Waals surface area contributed by atoms with E-state index in [2.05, 4.69) is 10.6 Å². The molecule has 0 aromatic heterocycles. The van der Waals surface area contributed by atoms with Gasteiger partial charge in [0.25, 0.3) is 0 Å². The molecule has 0 unspecified atom stereocenters. The minimum atomic E-state index is -1.39. The zero-order chi connectivity index (χ0) is 26.5. The summed E-state index contributed by atoms with van der Waals surface area (Å²) in [4.78, 5) is 53.9. The van der Waals surface area contributed by atoms with Gasteiger partial charge in [-0.25, -0.2) is 0 Å². The normalized spacial score (nSPS) is 25.9. The van der Waals surface area contributed by atoms with E-state index in [1.165, 1.54) is 4.90 Å². The Balaban J connectivity index is 1.48. The van der Waals surface area contributed by atoms with Gasteiger partial charge in [0.05, 0.1) is 26.1 Å². The van der Waals surface area contributed by atoms with Crippen LogP contribution in [0.25, 0.3) is 0 Å². The van der Waals surface area contributed by atoms with Gasteiger partial charge in [0.15, 0.2) is 11.5 Å². The molecule has 10 heteroatoms. The lowest BCUT2D eigenvalue weighted by atomic mass is 9.76. The van der Waals surface area contributed by atoms with Crippen molar-refractivity contribution in [2.75, 3.05) is 26.1 Å². The number of hydrogen-bond acceptors (Lipinski definition) is 7. The molecule has 194 valence electrons. The summed E-state index contributed by atoms with van der Waals surface area (Å²) in [5, 5.41) is 6.25. The van der Waals surface area contributed by atoms with Crippen LogP contribution in [-0.4, -0.2) is 55.3 Å². The molecule has 1 spiro atoms. The van der Waals surface area contributed by atoms with Crippen molar-refractivity contribution in [3.63, 3.8) is 0 Å². The van der Waals surface area contributed by atoms with Crippen LogP contribution in [0, 0.1) is 18.8 Å². The van der Waals surface area contributed by atoms with Crippen molar-refractivity contribution in [2.24, 2.45) is 17.6 Å². The third kappa shape index (κ3) is 3.74. The van der Waals surface area contributed by atoms with Crippen molar-refractivity contribution < 1.29 is 28.7 Å². The number of likely N-dealkylation sites (tertiary alicyclic amines) is 1. The number of aryl methyl sites for hydroxylation is 1. The number of methoxy groups -OCH3 is 2. The van der Waals surface area contributed by atoms with Crippen LogP contribution in [-0.2, 0) is 31.1 Å². The van der Waals surface area contributed by atoms with Crippen molar-refractivity contribution in [2.45, 2.75) is 37.8 Å². The molecular formula is C27H30N4O6. The Hall–Kier alpha value is -3.92. The van der Waals surface area contributed by atoms with Crippen LogP contribution < -0.4 is 25.8 Å². The number of para-hydroxylation sites is 1. The van der Waals surface area contributed by atoms with Crippen LogP contribution in [0.5, 0.6) is 11.5 Å². The maximum absolute atomic E-state index is 13.9. The van der Waals surface area contributed by atoms with Gasteiger partial charge in [0.2, 0.25) is 23.6 Å². The zero-order valence-corrected chi connectivity index (χ0v) is 21.0. The summed E-state index contributed by atoms with van der Waals surface area (Å²) >= 11 is 0. The highest BCUT2D eigenvalue weighted by atomic mass is 16.5. The largest absolute Gasteiger partial charge is 0.493 e. The van der Waals surface area contributed by atoms with E-state index in [0.29, 0.717) is 29.2 Å². The zero-order valence-electron chi connectivity index (χ0n) is 21.0. The molecule has 0 bridgehead atoms. The van der Waals surface area contributed by atoms with Crippen molar-refractivity contribution in [3.05, 3.63) is 53.1 Å². The van der Waals surface area contributed by atoms with Crippen molar-refractivity contribution in [1.29, 1.82) is 0 Å². The van der Waals surface area contributed by atoms with E-state index >= 15 is 0 Å². The highest BCUT2D eigenvalue weighted by molar-refractivity contribution is 6.15. The number of nitrogens with two attached hydrogens (primary N) is 1. The van der Waals surface area contributed by atoms with E-state index in [1.807, 2.05) is 37.3 Å². The summed E-state index contributed by atoms with van der Waals surface area (Å²) in [6.45, 7) is 2.03. The fourth-order valence-electron chi connectivity index (χ4n) is 6.08. The number of benzene rings is 2. The van der Waals surface area contributed by atoms with Crippen molar-refractivity contribution in [1.82, 2.24) is 10.2 Å². The van der Waals surface area contributed by atoms with Crippen LogP contribution in [0.15, 0.2) is 36.4 Å². The molecule has 3 heterocycles. The quantitative estimate of drug-likeness (QED) is 0.458. The molecule has 0 aliphatic carbocycles. The van der Waals surface area contributed by atoms with Gasteiger partial charge in [-0.15, -0.1) is 0 Å². The Kier molecular flexibility index (Phi) is 6.15. The molecule has 3 aliphatic rings. The van der Waals surface area contributed by atoms with Crippen LogP contribution in [0.2, 0.25) is 0 Å². The van der Waals surface area contributed by atoms with Crippen LogP contribution in [0.3, 0.4) is 0 Å². The number of carbonyl (C=O) groups is 4. The molecule has 4 N–H and O–H groups in total. The summed E-state index contributed by atoms with van der Waals surface area (Å²) in [6.07, 6.45) is 0.688. The van der Waals surface area contributed by atoms with E-state index in [9.17, 15) is 19.2 Å². The Morgan fingerprint density at radius 2 is 1.84 bits per heavy atom. The van der Waals surface area contributed by atoms with Gasteiger partial charge < -0.3 is 20.5 Å². The van der Waals surface area contributed by atoms with Crippen molar-refractivity contribution in [3.8, 4) is 11.5 Å². The molecular weight excluding hydrogens is 476 g/mol. The number of ether oxygens (including phenoxy) is 2. The van der Waals surface area contributed by atoms with Crippen LogP contribution in [0.1, 0.15) is 29.5 Å². The molecule has 0 saturated carbocycles. The molecule has 2 aromatic rings. The van der Waals surface area contributed by atoms with Crippen molar-refractivity contribution >= 4 is 29.3 Å². The van der Waals surface area contributed by atoms with Gasteiger partial charge in [-0.1, -0.05) is 24.3 Å². The fraction of sp³-hybridized carbons (Fsp3) is 0.407. The van der Waals surface area contributed by atoms with Gasteiger partial charge in [-0.05, 0) is 43.0 Å². The second-order valence-electron chi connectivity index (χ2n) is 9.79. The third-order valence-corrected chi connectivity index (χ3v) is 7.82. The first-order valence-electron chi connectivity index (χ1n) is 12.3. The highest BCUT2D eigenvalue weighted by Crippen LogP contribution is 2.54. The Labute approximate surface area is 214 Å². The van der Waals surface area contributed by atoms with E-state index < -0.39 is 35.2 Å². The summed E-state index contributed by atoms with van der Waals surface area (Å²) in [5.74, 6) is -2.18. The highest BCUT2D eigenvalue weighted by Gasteiger charge is 2.70. The molecule has 4 atom stereocenters. The first kappa shape index (κ1) is 24.8. The summed E-state index contributed by atoms with van der Waals surface area (Å²) in [6, 6.07) is 10.4. The number of imide groups is 1. The molecule has 0 radical (unpaired) electrons. The first-order chi connectivity index (χ1) is 17.7. The number of hydrogen-bond donors (Lipinski definition) is 3. The lowest BCUT2D eigenvalue weighted by Gasteiger charge is -2.29. The lowest BCUT2D eigenvalue weighted by Crippen LogP contribution is -2.53. The van der Waals surface area contributed by atoms with Crippen LogP contribution in [0.4, 0.5) is 5.69 Å². The number of anilines is 1. The topological polar surface area (TPSA) is 140 Å². The maximum atomic E-state index is 13.9. The Morgan fingerprint density at radius 1 is 1.08 bits per heavy atom. The number of amides is 4. The minimum Gasteiger partial charge on any atom is -0.493 e. The number of nitrogens with zero attached hydrogens (tertiary/aromatic N) is 1. The number of primary amides is 1. The molecule has 5 rings (SSSR count). The van der Waals surface area contributed by atoms with Gasteiger partial charge in [0.1, 0.15) is 5.54 Å². The van der Waals surface area contributed by atoms with E-state index in [-0.39, 0.29) is 31.2 Å². The molecule has 2 saturated heterocycles. The summed E-state index contributed by atoms with van der Waals surface area (Å²) in [7, 11) is 3.09. The standard InChI is InChI=1S/C27H30N4O6/c1-14-5-4-6-16-23(14)29-26(35)27(16)22-21(17(30-27)8-10-20(28)32)24(33)31(25(22)34)12-11-15-7-9-18(36-2)19(13-15)37-3/h4-7,9,13,17,21-22,30H,8,10-12H2,1-3H3,(H2,28,32)(H,29,35)/t17-,21+,22+,27-/m0/s1. The fourth-order valence-corrected chi connectivity index (χ4v) is 6.08. The Bertz CT molecular complexity index is 1310. The second-order valence-corrected chi connectivity index (χ2v) is 9.79. The predicted molar refractivity (Wildman–Crippen MR) is 134 cm³/mol. The molecule has 3 aliphatic heterocycles. The van der Waals surface area contributed by atoms with E-state index in [4.69, 9.17) is 15.2 Å². The van der Waals surface area contributed by atoms with Gasteiger partial charge in [0, 0.05) is 30.3 Å². The average Bonchev–Trinajstić information content (AvgIpc) is 3.46. The SMILES string of the molecule is COc1ccc(CCN2C(=O)[C@@H]3[C@H](CCC(N)=O)N[C@]4(C(=O)Nc5c(C)cccc54)[C@H]3C2=O)cc1OC. The summed E-state index contributed by atoms with van der Waals surface area (Å²) < 4.78 is 10.7. The van der Waals surface area contributed by atoms with Gasteiger partial charge in [-0.3, -0.25) is 29.4 Å². The molecule has 2 fully saturated rings. The third-order valence-electron chi connectivity index (χ3n) is 7.82. The van der Waals surface area contributed by atoms with Gasteiger partial charge >= 0.3 is 0 Å². The molecule has 37 heavy (non-hydrogen) atoms. The number of carbonyl (C=O) groups excluding carboxylic acids is 4. The molecule has 10 nitrogen and oxygen atoms in total.